The van der Waals surface area contributed by atoms with Crippen LogP contribution in [0.25, 0.3) is 0 Å². The van der Waals surface area contributed by atoms with Crippen molar-refractivity contribution in [2.75, 3.05) is 6.61 Å². The van der Waals surface area contributed by atoms with Crippen LogP contribution in [0.5, 0.6) is 0 Å². The van der Waals surface area contributed by atoms with Gasteiger partial charge in [-0.2, -0.15) is 0 Å². The van der Waals surface area contributed by atoms with Crippen LogP contribution < -0.4 is 29.6 Å². The topological polar surface area (TPSA) is 86.7 Å². The summed E-state index contributed by atoms with van der Waals surface area (Å²) >= 11 is 3.52. The summed E-state index contributed by atoms with van der Waals surface area (Å²) in [6.45, 7) is 3.83. The summed E-state index contributed by atoms with van der Waals surface area (Å²) in [4.78, 5) is 0. The van der Waals surface area contributed by atoms with Gasteiger partial charge in [0, 0.05) is 0 Å². The molecule has 0 fully saturated rings. The smallest absolute Gasteiger partial charge is 0.726 e. The molecule has 0 aliphatic rings. The number of thiol groups is 1. The van der Waals surface area contributed by atoms with E-state index in [1.807, 2.05) is 0 Å². The number of aliphatic hydroxyl groups is 1. The number of hydrogen-bond donors (Lipinski definition) is 2. The third-order valence-corrected chi connectivity index (χ3v) is 3.18. The Morgan fingerprint density at radius 2 is 1.32 bits per heavy atom. The molecule has 0 amide bonds. The van der Waals surface area contributed by atoms with Crippen molar-refractivity contribution < 1.29 is 51.8 Å². The largest absolute Gasteiger partial charge is 1.00 e. The number of hydrogen-bond acceptors (Lipinski definition) is 6. The summed E-state index contributed by atoms with van der Waals surface area (Å²) < 4.78 is 34.5. The van der Waals surface area contributed by atoms with Gasteiger partial charge in [0.05, 0.1) is 12.0 Å². The summed E-state index contributed by atoms with van der Waals surface area (Å²) in [5.41, 5.74) is -0.472. The second-order valence-corrected chi connectivity index (χ2v) is 6.84. The Bertz CT molecular complexity index is 295. The third kappa shape index (κ3) is 37.4. The van der Waals surface area contributed by atoms with Gasteiger partial charge in [0.15, 0.2) is 0 Å². The van der Waals surface area contributed by atoms with Gasteiger partial charge < -0.3 is 9.66 Å². The Kier molecular flexibility index (Phi) is 25.7. The van der Waals surface area contributed by atoms with Gasteiger partial charge in [0.2, 0.25) is 10.4 Å². The number of rotatable bonds is 12. The molecule has 0 aromatic carbocycles. The fraction of sp³-hybridized carbons (Fsp3) is 1.00. The predicted octanol–water partition coefficient (Wildman–Crippen LogP) is 0.643. The first-order valence-electron chi connectivity index (χ1n) is 7.76. The number of aliphatic hydroxyl groups excluding tert-OH is 1. The van der Waals surface area contributed by atoms with E-state index in [9.17, 15) is 13.0 Å². The van der Waals surface area contributed by atoms with E-state index in [0.29, 0.717) is 6.42 Å². The standard InChI is InChI=1S/C12H26O4S.C2H6OS.Na/c1-2-3-4-5-6-7-8-9-10-11-12-16-17(13,14)15;1-2(3)4;/h2-12H2,1H3,(H,13,14,15);2-4H,1H3;/q;;+1/p-1. The van der Waals surface area contributed by atoms with Crippen LogP contribution >= 0.6 is 12.6 Å². The van der Waals surface area contributed by atoms with Crippen LogP contribution in [-0.2, 0) is 14.6 Å². The predicted molar refractivity (Wildman–Crippen MR) is 88.2 cm³/mol. The zero-order valence-corrected chi connectivity index (χ0v) is 18.0. The van der Waals surface area contributed by atoms with E-state index in [1.54, 1.807) is 6.92 Å². The van der Waals surface area contributed by atoms with Crippen molar-refractivity contribution in [3.05, 3.63) is 0 Å². The van der Waals surface area contributed by atoms with Gasteiger partial charge in [0.25, 0.3) is 0 Å². The maximum Gasteiger partial charge on any atom is 1.00 e. The van der Waals surface area contributed by atoms with E-state index in [0.717, 1.165) is 12.8 Å². The zero-order valence-electron chi connectivity index (χ0n) is 14.3. The van der Waals surface area contributed by atoms with Crippen LogP contribution in [0.15, 0.2) is 0 Å². The van der Waals surface area contributed by atoms with E-state index in [4.69, 9.17) is 5.11 Å². The van der Waals surface area contributed by atoms with Crippen molar-refractivity contribution in [3.8, 4) is 0 Å². The second kappa shape index (κ2) is 20.2. The molecular formula is C14H31NaO5S2. The van der Waals surface area contributed by atoms with Crippen LogP contribution in [0, 0.1) is 0 Å². The fourth-order valence-corrected chi connectivity index (χ4v) is 2.07. The van der Waals surface area contributed by atoms with E-state index in [-0.39, 0.29) is 36.2 Å². The summed E-state index contributed by atoms with van der Waals surface area (Å²) in [6.07, 6.45) is 11.7. The van der Waals surface area contributed by atoms with Crippen molar-refractivity contribution in [1.82, 2.24) is 0 Å². The molecule has 0 rings (SSSR count). The van der Waals surface area contributed by atoms with Crippen molar-refractivity contribution in [2.45, 2.75) is 83.5 Å². The molecule has 0 aliphatic heterocycles. The minimum Gasteiger partial charge on any atom is -0.726 e. The quantitative estimate of drug-likeness (QED) is 0.132. The zero-order chi connectivity index (χ0) is 16.6. The van der Waals surface area contributed by atoms with Crippen molar-refractivity contribution in [1.29, 1.82) is 0 Å². The minimum absolute atomic E-state index is 0. The SMILES string of the molecule is CC(O)S.CCCCCCCCCCCCOS(=O)(=O)[O-].[Na+]. The molecule has 0 heterocycles. The first kappa shape index (κ1) is 28.0. The van der Waals surface area contributed by atoms with E-state index in [1.165, 1.54) is 44.9 Å². The maximum atomic E-state index is 10.1. The van der Waals surface area contributed by atoms with Gasteiger partial charge in [0.1, 0.15) is 0 Å². The third-order valence-electron chi connectivity index (χ3n) is 2.73. The van der Waals surface area contributed by atoms with Crippen molar-refractivity contribution in [2.24, 2.45) is 0 Å². The van der Waals surface area contributed by atoms with E-state index >= 15 is 0 Å². The van der Waals surface area contributed by atoms with Crippen molar-refractivity contribution >= 4 is 23.0 Å². The molecule has 0 aliphatic carbocycles. The molecule has 0 radical (unpaired) electrons. The molecule has 5 nitrogen and oxygen atoms in total. The van der Waals surface area contributed by atoms with Gasteiger partial charge in [-0.25, -0.2) is 8.42 Å². The first-order valence-corrected chi connectivity index (χ1v) is 9.61. The molecule has 0 bridgehead atoms. The Morgan fingerprint density at radius 3 is 1.64 bits per heavy atom. The molecule has 1 atom stereocenters. The average molecular weight is 367 g/mol. The Labute approximate surface area is 164 Å². The molecule has 0 aromatic rings. The van der Waals surface area contributed by atoms with Crippen LogP contribution in [0.3, 0.4) is 0 Å². The summed E-state index contributed by atoms with van der Waals surface area (Å²) in [5.74, 6) is 0. The Morgan fingerprint density at radius 1 is 1.00 bits per heavy atom. The molecule has 1 N–H and O–H groups in total. The van der Waals surface area contributed by atoms with Crippen molar-refractivity contribution in [3.63, 3.8) is 0 Å². The molecule has 0 saturated heterocycles. The van der Waals surface area contributed by atoms with Crippen LogP contribution in [-0.4, -0.2) is 30.1 Å². The van der Waals surface area contributed by atoms with E-state index in [2.05, 4.69) is 23.7 Å². The van der Waals surface area contributed by atoms with Gasteiger partial charge in [-0.3, -0.25) is 4.18 Å². The molecule has 0 spiro atoms. The van der Waals surface area contributed by atoms with Gasteiger partial charge in [-0.1, -0.05) is 64.7 Å². The Hall–Kier alpha value is 1.18. The maximum absolute atomic E-state index is 10.1. The summed E-state index contributed by atoms with van der Waals surface area (Å²) in [7, 11) is -4.48. The Balaban J connectivity index is -0.000000640. The summed E-state index contributed by atoms with van der Waals surface area (Å²) in [6, 6.07) is 0. The minimum atomic E-state index is -4.48. The van der Waals surface area contributed by atoms with Crippen LogP contribution in [0.2, 0.25) is 0 Å². The molecule has 22 heavy (non-hydrogen) atoms. The monoisotopic (exact) mass is 366 g/mol. The molecule has 130 valence electrons. The summed E-state index contributed by atoms with van der Waals surface area (Å²) in [5, 5.41) is 7.92. The van der Waals surface area contributed by atoms with Gasteiger partial charge >= 0.3 is 29.6 Å². The second-order valence-electron chi connectivity index (χ2n) is 5.04. The number of unbranched alkanes of at least 4 members (excludes halogenated alkanes) is 9. The average Bonchev–Trinajstić information content (AvgIpc) is 2.34. The normalized spacial score (nSPS) is 12.0. The van der Waals surface area contributed by atoms with Gasteiger partial charge in [-0.05, 0) is 13.3 Å². The molecule has 1 unspecified atom stereocenters. The fourth-order valence-electron chi connectivity index (χ4n) is 1.75. The van der Waals surface area contributed by atoms with Crippen LogP contribution in [0.1, 0.15) is 78.1 Å². The van der Waals surface area contributed by atoms with Crippen LogP contribution in [0.4, 0.5) is 0 Å². The first-order chi connectivity index (χ1) is 9.79. The molecule has 0 aromatic heterocycles. The molecule has 0 saturated carbocycles. The molecular weight excluding hydrogens is 335 g/mol. The molecule has 8 heteroatoms. The van der Waals surface area contributed by atoms with E-state index < -0.39 is 15.8 Å². The van der Waals surface area contributed by atoms with Gasteiger partial charge in [-0.15, -0.1) is 12.6 Å².